The Hall–Kier alpha value is -1.32. The smallest absolute Gasteiger partial charge is 0.353 e. The van der Waals surface area contributed by atoms with Crippen LogP contribution in [0.15, 0.2) is 23.1 Å². The quantitative estimate of drug-likeness (QED) is 0.762. The molecule has 0 spiro atoms. The molecule has 1 amide bonds. The zero-order valence-electron chi connectivity index (χ0n) is 15.3. The van der Waals surface area contributed by atoms with Crippen molar-refractivity contribution in [3.05, 3.63) is 28.8 Å². The van der Waals surface area contributed by atoms with E-state index in [1.807, 2.05) is 6.92 Å². The van der Waals surface area contributed by atoms with Crippen molar-refractivity contribution in [3.63, 3.8) is 0 Å². The van der Waals surface area contributed by atoms with Gasteiger partial charge in [-0.25, -0.2) is 8.42 Å². The Morgan fingerprint density at radius 3 is 2.36 bits per heavy atom. The highest BCUT2D eigenvalue weighted by atomic mass is 35.5. The fraction of sp³-hybridized carbons (Fsp3) is 0.611. The van der Waals surface area contributed by atoms with Gasteiger partial charge in [-0.1, -0.05) is 11.6 Å². The lowest BCUT2D eigenvalue weighted by Crippen LogP contribution is -2.45. The summed E-state index contributed by atoms with van der Waals surface area (Å²) in [5, 5.41) is 2.43. The van der Waals surface area contributed by atoms with E-state index in [1.54, 1.807) is 0 Å². The van der Waals surface area contributed by atoms with Gasteiger partial charge in [-0.05, 0) is 56.7 Å². The van der Waals surface area contributed by atoms with Crippen molar-refractivity contribution in [1.82, 2.24) is 9.62 Å². The second kappa shape index (κ2) is 7.84. The number of halogens is 4. The number of hydrogen-bond acceptors (Lipinski definition) is 3. The van der Waals surface area contributed by atoms with Crippen LogP contribution in [0.1, 0.15) is 38.2 Å². The van der Waals surface area contributed by atoms with Gasteiger partial charge in [-0.15, -0.1) is 0 Å². The Morgan fingerprint density at radius 1 is 1.21 bits per heavy atom. The number of alkyl halides is 3. The van der Waals surface area contributed by atoms with Gasteiger partial charge in [0.05, 0.1) is 15.5 Å². The molecule has 10 heteroatoms. The van der Waals surface area contributed by atoms with Crippen LogP contribution in [0, 0.1) is 11.8 Å². The van der Waals surface area contributed by atoms with Crippen molar-refractivity contribution in [3.8, 4) is 0 Å². The van der Waals surface area contributed by atoms with Crippen LogP contribution in [0.2, 0.25) is 5.02 Å². The number of sulfonamides is 1. The summed E-state index contributed by atoms with van der Waals surface area (Å²) in [6, 6.07) is 2.69. The number of rotatable bonds is 5. The number of amides is 1. The third kappa shape index (κ3) is 4.63. The van der Waals surface area contributed by atoms with E-state index < -0.39 is 31.7 Å². The Morgan fingerprint density at radius 2 is 1.82 bits per heavy atom. The standard InChI is InChI=1S/C18H22ClF3N2O3S/c1-11(12-2-3-12)23-17(25)13-6-8-24(9-7-13)28(26,27)14-4-5-16(19)15(10-14)18(20,21)22/h4-5,10-13H,2-3,6-9H2,1H3,(H,23,25). The number of carbonyl (C=O) groups excluding carboxylic acids is 1. The molecule has 5 nitrogen and oxygen atoms in total. The summed E-state index contributed by atoms with van der Waals surface area (Å²) < 4.78 is 65.7. The summed E-state index contributed by atoms with van der Waals surface area (Å²) in [5.41, 5.74) is -1.18. The van der Waals surface area contributed by atoms with Crippen molar-refractivity contribution >= 4 is 27.5 Å². The molecule has 28 heavy (non-hydrogen) atoms. The van der Waals surface area contributed by atoms with E-state index in [-0.39, 0.29) is 31.0 Å². The van der Waals surface area contributed by atoms with Gasteiger partial charge in [0, 0.05) is 25.0 Å². The molecule has 1 atom stereocenters. The third-order valence-corrected chi connectivity index (χ3v) is 7.63. The monoisotopic (exact) mass is 438 g/mol. The molecule has 2 fully saturated rings. The summed E-state index contributed by atoms with van der Waals surface area (Å²) in [5.74, 6) is 0.156. The molecule has 1 aliphatic heterocycles. The lowest BCUT2D eigenvalue weighted by atomic mass is 9.96. The van der Waals surface area contributed by atoms with Gasteiger partial charge < -0.3 is 5.32 Å². The van der Waals surface area contributed by atoms with E-state index in [2.05, 4.69) is 5.32 Å². The van der Waals surface area contributed by atoms with Crippen LogP contribution in [0.25, 0.3) is 0 Å². The van der Waals surface area contributed by atoms with Gasteiger partial charge in [-0.2, -0.15) is 17.5 Å². The minimum atomic E-state index is -4.74. The fourth-order valence-electron chi connectivity index (χ4n) is 3.45. The third-order valence-electron chi connectivity index (χ3n) is 5.40. The molecule has 1 unspecified atom stereocenters. The van der Waals surface area contributed by atoms with Crippen LogP contribution in [-0.2, 0) is 21.0 Å². The molecule has 0 radical (unpaired) electrons. The molecule has 1 heterocycles. The predicted molar refractivity (Wildman–Crippen MR) is 98.3 cm³/mol. The first-order valence-corrected chi connectivity index (χ1v) is 11.0. The van der Waals surface area contributed by atoms with Crippen LogP contribution in [0.5, 0.6) is 0 Å². The SMILES string of the molecule is CC(NC(=O)C1CCN(S(=O)(=O)c2ccc(Cl)c(C(F)(F)F)c2)CC1)C1CC1. The summed E-state index contributed by atoms with van der Waals surface area (Å²) in [4.78, 5) is 11.9. The molecular weight excluding hydrogens is 417 g/mol. The lowest BCUT2D eigenvalue weighted by Gasteiger charge is -2.31. The zero-order valence-corrected chi connectivity index (χ0v) is 16.9. The normalized spacial score (nSPS) is 20.8. The first kappa shape index (κ1) is 21.4. The average Bonchev–Trinajstić information content (AvgIpc) is 3.46. The number of piperidine rings is 1. The maximum atomic E-state index is 13.0. The van der Waals surface area contributed by atoms with E-state index in [0.29, 0.717) is 24.8 Å². The van der Waals surface area contributed by atoms with Gasteiger partial charge in [0.15, 0.2) is 0 Å². The molecule has 2 aliphatic rings. The molecule has 1 N–H and O–H groups in total. The first-order valence-electron chi connectivity index (χ1n) is 9.17. The van der Waals surface area contributed by atoms with E-state index in [1.165, 1.54) is 0 Å². The molecule has 1 saturated heterocycles. The largest absolute Gasteiger partial charge is 0.417 e. The second-order valence-corrected chi connectivity index (χ2v) is 9.80. The van der Waals surface area contributed by atoms with Crippen molar-refractivity contribution < 1.29 is 26.4 Å². The van der Waals surface area contributed by atoms with Crippen LogP contribution < -0.4 is 5.32 Å². The molecule has 156 valence electrons. The second-order valence-electron chi connectivity index (χ2n) is 7.45. The molecule has 1 aromatic rings. The molecule has 3 rings (SSSR count). The van der Waals surface area contributed by atoms with Crippen molar-refractivity contribution in [2.45, 2.75) is 49.7 Å². The van der Waals surface area contributed by atoms with E-state index in [0.717, 1.165) is 29.3 Å². The number of nitrogens with one attached hydrogen (secondary N) is 1. The highest BCUT2D eigenvalue weighted by Gasteiger charge is 2.37. The predicted octanol–water partition coefficient (Wildman–Crippen LogP) is 3.67. The van der Waals surface area contributed by atoms with Crippen LogP contribution in [0.3, 0.4) is 0 Å². The van der Waals surface area contributed by atoms with E-state index >= 15 is 0 Å². The van der Waals surface area contributed by atoms with Crippen LogP contribution >= 0.6 is 11.6 Å². The highest BCUT2D eigenvalue weighted by Crippen LogP contribution is 2.37. The molecule has 1 aliphatic carbocycles. The fourth-order valence-corrected chi connectivity index (χ4v) is 5.17. The first-order chi connectivity index (χ1) is 13.0. The molecule has 1 aromatic carbocycles. The van der Waals surface area contributed by atoms with Gasteiger partial charge >= 0.3 is 6.18 Å². The number of carbonyl (C=O) groups is 1. The number of nitrogens with zero attached hydrogens (tertiary/aromatic N) is 1. The van der Waals surface area contributed by atoms with Crippen molar-refractivity contribution in [2.75, 3.05) is 13.1 Å². The Labute approximate surface area is 167 Å². The summed E-state index contributed by atoms with van der Waals surface area (Å²) in [6.45, 7) is 2.14. The average molecular weight is 439 g/mol. The van der Waals surface area contributed by atoms with Gasteiger partial charge in [-0.3, -0.25) is 4.79 Å². The van der Waals surface area contributed by atoms with Crippen LogP contribution in [0.4, 0.5) is 13.2 Å². The Balaban J connectivity index is 1.67. The topological polar surface area (TPSA) is 66.5 Å². The van der Waals surface area contributed by atoms with Gasteiger partial charge in [0.25, 0.3) is 0 Å². The highest BCUT2D eigenvalue weighted by molar-refractivity contribution is 7.89. The van der Waals surface area contributed by atoms with Crippen LogP contribution in [-0.4, -0.2) is 37.8 Å². The molecule has 0 bridgehead atoms. The minimum Gasteiger partial charge on any atom is -0.353 e. The Bertz CT molecular complexity index is 848. The molecule has 1 saturated carbocycles. The number of benzene rings is 1. The molecule has 0 aromatic heterocycles. The lowest BCUT2D eigenvalue weighted by molar-refractivity contribution is -0.137. The maximum Gasteiger partial charge on any atom is 0.417 e. The summed E-state index contributed by atoms with van der Waals surface area (Å²) in [7, 11) is -4.09. The van der Waals surface area contributed by atoms with Gasteiger partial charge in [0.2, 0.25) is 15.9 Å². The Kier molecular flexibility index (Phi) is 5.99. The van der Waals surface area contributed by atoms with E-state index in [4.69, 9.17) is 11.6 Å². The zero-order chi connectivity index (χ0) is 20.7. The molecular formula is C18H22ClF3N2O3S. The number of hydrogen-bond donors (Lipinski definition) is 1. The van der Waals surface area contributed by atoms with Crippen molar-refractivity contribution in [1.29, 1.82) is 0 Å². The summed E-state index contributed by atoms with van der Waals surface area (Å²) in [6.07, 6.45) is -1.85. The van der Waals surface area contributed by atoms with Gasteiger partial charge in [0.1, 0.15) is 0 Å². The minimum absolute atomic E-state index is 0.0812. The maximum absolute atomic E-state index is 13.0. The summed E-state index contributed by atoms with van der Waals surface area (Å²) >= 11 is 5.57. The van der Waals surface area contributed by atoms with Crippen molar-refractivity contribution in [2.24, 2.45) is 11.8 Å². The van der Waals surface area contributed by atoms with E-state index in [9.17, 15) is 26.4 Å².